The summed E-state index contributed by atoms with van der Waals surface area (Å²) in [6, 6.07) is 6.36. The molecule has 1 rings (SSSR count). The van der Waals surface area contributed by atoms with Crippen molar-refractivity contribution in [3.05, 3.63) is 29.8 Å². The Morgan fingerprint density at radius 1 is 1.25 bits per heavy atom. The lowest BCUT2D eigenvalue weighted by Gasteiger charge is -2.10. The van der Waals surface area contributed by atoms with Gasteiger partial charge in [0.2, 0.25) is 0 Å². The third-order valence-corrected chi connectivity index (χ3v) is 2.45. The predicted octanol–water partition coefficient (Wildman–Crippen LogP) is -0.123. The highest BCUT2D eigenvalue weighted by molar-refractivity contribution is 6.39. The van der Waals surface area contributed by atoms with Crippen LogP contribution in [0.3, 0.4) is 0 Å². The minimum atomic E-state index is -1.11. The molecule has 0 radical (unpaired) electrons. The molecule has 108 valence electrons. The summed E-state index contributed by atoms with van der Waals surface area (Å²) >= 11 is 0. The van der Waals surface area contributed by atoms with Crippen LogP contribution in [0.25, 0.3) is 0 Å². The molecular formula is C13H17N3O4. The molecule has 0 bridgehead atoms. The van der Waals surface area contributed by atoms with Crippen LogP contribution in [0.4, 0.5) is 5.69 Å². The summed E-state index contributed by atoms with van der Waals surface area (Å²) in [7, 11) is 1.58. The second-order valence-electron chi connectivity index (χ2n) is 3.97. The number of benzene rings is 1. The lowest BCUT2D eigenvalue weighted by molar-refractivity contribution is -0.134. The molecule has 0 aliphatic carbocycles. The summed E-state index contributed by atoms with van der Waals surface area (Å²) in [4.78, 5) is 33.9. The van der Waals surface area contributed by atoms with E-state index < -0.39 is 11.8 Å². The predicted molar refractivity (Wildman–Crippen MR) is 73.1 cm³/mol. The summed E-state index contributed by atoms with van der Waals surface area (Å²) in [6.45, 7) is 0.991. The molecule has 0 aromatic heterocycles. The van der Waals surface area contributed by atoms with Gasteiger partial charge < -0.3 is 21.1 Å². The summed E-state index contributed by atoms with van der Waals surface area (Å²) in [5, 5.41) is 4.98. The first-order chi connectivity index (χ1) is 9.56. The Kier molecular flexibility index (Phi) is 6.18. The monoisotopic (exact) mass is 279 g/mol. The minimum Gasteiger partial charge on any atom is -0.385 e. The molecule has 0 unspecified atom stereocenters. The van der Waals surface area contributed by atoms with E-state index in [9.17, 15) is 14.4 Å². The second-order valence-corrected chi connectivity index (χ2v) is 3.97. The van der Waals surface area contributed by atoms with Gasteiger partial charge in [-0.25, -0.2) is 0 Å². The third-order valence-electron chi connectivity index (χ3n) is 2.45. The highest BCUT2D eigenvalue weighted by atomic mass is 16.5. The number of nitrogens with two attached hydrogens (primary N) is 1. The largest absolute Gasteiger partial charge is 0.385 e. The number of hydrogen-bond donors (Lipinski definition) is 3. The average molecular weight is 279 g/mol. The molecule has 0 aliphatic rings. The van der Waals surface area contributed by atoms with Crippen LogP contribution < -0.4 is 16.4 Å². The standard InChI is InChI=1S/C13H17N3O4/c1-20-8-4-7-15-12(18)9-5-2-3-6-10(9)16-13(19)11(14)17/h2-3,5-6H,4,7-8H2,1H3,(H2,14,17)(H,15,18)(H,16,19). The van der Waals surface area contributed by atoms with Gasteiger partial charge in [0.15, 0.2) is 0 Å². The summed E-state index contributed by atoms with van der Waals surface area (Å²) in [6.07, 6.45) is 0.679. The lowest BCUT2D eigenvalue weighted by atomic mass is 10.1. The smallest absolute Gasteiger partial charge is 0.313 e. The highest BCUT2D eigenvalue weighted by Gasteiger charge is 2.15. The van der Waals surface area contributed by atoms with Gasteiger partial charge in [0.05, 0.1) is 11.3 Å². The fraction of sp³-hybridized carbons (Fsp3) is 0.308. The van der Waals surface area contributed by atoms with E-state index in [-0.39, 0.29) is 17.2 Å². The maximum absolute atomic E-state index is 12.0. The summed E-state index contributed by atoms with van der Waals surface area (Å²) in [5.41, 5.74) is 5.36. The molecule has 0 saturated carbocycles. The number of amides is 3. The van der Waals surface area contributed by atoms with Crippen LogP contribution in [-0.2, 0) is 14.3 Å². The van der Waals surface area contributed by atoms with Gasteiger partial charge in [-0.1, -0.05) is 12.1 Å². The van der Waals surface area contributed by atoms with Crippen LogP contribution in [0.2, 0.25) is 0 Å². The number of methoxy groups -OCH3 is 1. The Bertz CT molecular complexity index is 502. The molecule has 0 spiro atoms. The van der Waals surface area contributed by atoms with Crippen LogP contribution in [0.5, 0.6) is 0 Å². The zero-order chi connectivity index (χ0) is 15.0. The first kappa shape index (κ1) is 15.6. The lowest BCUT2D eigenvalue weighted by Crippen LogP contribution is -2.31. The van der Waals surface area contributed by atoms with Crippen LogP contribution in [0.15, 0.2) is 24.3 Å². The van der Waals surface area contributed by atoms with Crippen molar-refractivity contribution >= 4 is 23.4 Å². The van der Waals surface area contributed by atoms with Crippen molar-refractivity contribution in [3.8, 4) is 0 Å². The quantitative estimate of drug-likeness (QED) is 0.498. The Morgan fingerprint density at radius 2 is 1.95 bits per heavy atom. The molecule has 1 aromatic carbocycles. The Balaban J connectivity index is 2.71. The number of para-hydroxylation sites is 1. The van der Waals surface area contributed by atoms with Crippen molar-refractivity contribution in [3.63, 3.8) is 0 Å². The SMILES string of the molecule is COCCCNC(=O)c1ccccc1NC(=O)C(N)=O. The molecule has 7 heteroatoms. The molecule has 0 saturated heterocycles. The van der Waals surface area contributed by atoms with E-state index in [0.29, 0.717) is 19.6 Å². The normalized spacial score (nSPS) is 9.85. The first-order valence-corrected chi connectivity index (χ1v) is 6.03. The molecule has 0 aliphatic heterocycles. The number of rotatable bonds is 6. The molecule has 20 heavy (non-hydrogen) atoms. The number of ether oxygens (including phenoxy) is 1. The van der Waals surface area contributed by atoms with E-state index in [0.717, 1.165) is 0 Å². The van der Waals surface area contributed by atoms with E-state index >= 15 is 0 Å². The van der Waals surface area contributed by atoms with Crippen molar-refractivity contribution in [1.82, 2.24) is 5.32 Å². The molecular weight excluding hydrogens is 262 g/mol. The number of anilines is 1. The van der Waals surface area contributed by atoms with Gasteiger partial charge in [-0.05, 0) is 18.6 Å². The molecule has 0 atom stereocenters. The third kappa shape index (κ3) is 4.69. The second kappa shape index (κ2) is 7.90. The molecule has 4 N–H and O–H groups in total. The average Bonchev–Trinajstić information content (AvgIpc) is 2.43. The molecule has 0 heterocycles. The molecule has 0 fully saturated rings. The van der Waals surface area contributed by atoms with Gasteiger partial charge in [-0.2, -0.15) is 0 Å². The highest BCUT2D eigenvalue weighted by Crippen LogP contribution is 2.14. The van der Waals surface area contributed by atoms with E-state index in [2.05, 4.69) is 10.6 Å². The maximum atomic E-state index is 12.0. The van der Waals surface area contributed by atoms with Gasteiger partial charge in [0.25, 0.3) is 5.91 Å². The first-order valence-electron chi connectivity index (χ1n) is 6.03. The maximum Gasteiger partial charge on any atom is 0.313 e. The van der Waals surface area contributed by atoms with E-state index in [1.807, 2.05) is 0 Å². The zero-order valence-electron chi connectivity index (χ0n) is 11.1. The molecule has 7 nitrogen and oxygen atoms in total. The van der Waals surface area contributed by atoms with Gasteiger partial charge in [-0.3, -0.25) is 14.4 Å². The zero-order valence-corrected chi connectivity index (χ0v) is 11.1. The van der Waals surface area contributed by atoms with Crippen LogP contribution in [-0.4, -0.2) is 38.0 Å². The van der Waals surface area contributed by atoms with Crippen molar-refractivity contribution in [1.29, 1.82) is 0 Å². The van der Waals surface area contributed by atoms with Crippen LogP contribution in [0.1, 0.15) is 16.8 Å². The van der Waals surface area contributed by atoms with Gasteiger partial charge in [-0.15, -0.1) is 0 Å². The number of primary amides is 1. The van der Waals surface area contributed by atoms with Crippen LogP contribution in [0, 0.1) is 0 Å². The molecule has 3 amide bonds. The molecule has 1 aromatic rings. The van der Waals surface area contributed by atoms with Crippen molar-refractivity contribution in [2.75, 3.05) is 25.6 Å². The fourth-order valence-corrected chi connectivity index (χ4v) is 1.49. The Labute approximate surface area is 116 Å². The summed E-state index contributed by atoms with van der Waals surface area (Å²) < 4.78 is 4.87. The van der Waals surface area contributed by atoms with Crippen molar-refractivity contribution in [2.24, 2.45) is 5.73 Å². The topological polar surface area (TPSA) is 111 Å². The fourth-order valence-electron chi connectivity index (χ4n) is 1.49. The van der Waals surface area contributed by atoms with Crippen LogP contribution >= 0.6 is 0 Å². The Hall–Kier alpha value is -2.41. The van der Waals surface area contributed by atoms with E-state index in [1.165, 1.54) is 6.07 Å². The van der Waals surface area contributed by atoms with Crippen molar-refractivity contribution in [2.45, 2.75) is 6.42 Å². The van der Waals surface area contributed by atoms with E-state index in [4.69, 9.17) is 10.5 Å². The number of nitrogens with one attached hydrogen (secondary N) is 2. The number of carbonyl (C=O) groups is 3. The Morgan fingerprint density at radius 3 is 2.60 bits per heavy atom. The number of hydrogen-bond acceptors (Lipinski definition) is 4. The van der Waals surface area contributed by atoms with Gasteiger partial charge in [0.1, 0.15) is 0 Å². The van der Waals surface area contributed by atoms with Gasteiger partial charge in [0, 0.05) is 20.3 Å². The van der Waals surface area contributed by atoms with E-state index in [1.54, 1.807) is 25.3 Å². The minimum absolute atomic E-state index is 0.237. The van der Waals surface area contributed by atoms with Crippen molar-refractivity contribution < 1.29 is 19.1 Å². The van der Waals surface area contributed by atoms with Gasteiger partial charge >= 0.3 is 11.8 Å². The number of carbonyl (C=O) groups excluding carboxylic acids is 3. The summed E-state index contributed by atoms with van der Waals surface area (Å²) in [5.74, 6) is -2.42.